The zero-order chi connectivity index (χ0) is 26.1. The predicted molar refractivity (Wildman–Crippen MR) is 141 cm³/mol. The molecule has 5 rings (SSSR count). The predicted octanol–water partition coefficient (Wildman–Crippen LogP) is 4.40. The molecule has 0 saturated heterocycles. The monoisotopic (exact) mass is 502 g/mol. The molecular formula is C28H27FN4O4. The molecule has 0 unspecified atom stereocenters. The number of nitrogens with one attached hydrogen (secondary N) is 2. The second-order valence-electron chi connectivity index (χ2n) is 9.14. The first kappa shape index (κ1) is 24.3. The van der Waals surface area contributed by atoms with E-state index in [2.05, 4.69) is 10.6 Å². The molecule has 2 aliphatic heterocycles. The molecule has 0 radical (unpaired) electrons. The molecule has 3 aromatic carbocycles. The largest absolute Gasteiger partial charge is 0.454 e. The third-order valence-electron chi connectivity index (χ3n) is 6.31. The number of halogens is 1. The maximum Gasteiger partial charge on any atom is 0.258 e. The summed E-state index contributed by atoms with van der Waals surface area (Å²) in [4.78, 5) is 29.2. The molecule has 2 N–H and O–H groups in total. The van der Waals surface area contributed by atoms with Crippen LogP contribution in [-0.2, 0) is 9.59 Å². The van der Waals surface area contributed by atoms with Gasteiger partial charge in [0, 0.05) is 42.5 Å². The van der Waals surface area contributed by atoms with Crippen molar-refractivity contribution < 1.29 is 23.5 Å². The number of nitrogens with zero attached hydrogens (tertiary/aromatic N) is 2. The lowest BCUT2D eigenvalue weighted by Gasteiger charge is -2.20. The lowest BCUT2D eigenvalue weighted by atomic mass is 9.99. The molecule has 0 spiro atoms. The third-order valence-corrected chi connectivity index (χ3v) is 6.31. The Bertz CT molecular complexity index is 1400. The minimum absolute atomic E-state index is 0.0176. The van der Waals surface area contributed by atoms with E-state index in [4.69, 9.17) is 9.47 Å². The number of hydrogen-bond acceptors (Lipinski definition) is 6. The van der Waals surface area contributed by atoms with Crippen molar-refractivity contribution in [1.82, 2.24) is 4.90 Å². The number of carbonyl (C=O) groups is 2. The fourth-order valence-electron chi connectivity index (χ4n) is 4.27. The van der Waals surface area contributed by atoms with Crippen molar-refractivity contribution in [2.45, 2.75) is 6.42 Å². The molecule has 0 aromatic heterocycles. The van der Waals surface area contributed by atoms with E-state index in [0.29, 0.717) is 58.2 Å². The minimum atomic E-state index is -0.433. The van der Waals surface area contributed by atoms with Crippen LogP contribution in [0.15, 0.2) is 60.7 Å². The van der Waals surface area contributed by atoms with Crippen LogP contribution in [-0.4, -0.2) is 51.2 Å². The van der Waals surface area contributed by atoms with E-state index in [9.17, 15) is 14.0 Å². The molecule has 0 aliphatic carbocycles. The second kappa shape index (κ2) is 9.94. The summed E-state index contributed by atoms with van der Waals surface area (Å²) in [5.41, 5.74) is 4.08. The van der Waals surface area contributed by atoms with Crippen LogP contribution >= 0.6 is 0 Å². The number of benzene rings is 3. The first-order valence-electron chi connectivity index (χ1n) is 11.8. The van der Waals surface area contributed by atoms with Crippen molar-refractivity contribution in [1.29, 1.82) is 0 Å². The molecule has 37 heavy (non-hydrogen) atoms. The summed E-state index contributed by atoms with van der Waals surface area (Å²) < 4.78 is 24.8. The Kier molecular flexibility index (Phi) is 6.54. The van der Waals surface area contributed by atoms with Gasteiger partial charge in [-0.25, -0.2) is 4.39 Å². The highest BCUT2D eigenvalue weighted by molar-refractivity contribution is 6.37. The fraction of sp³-hybridized carbons (Fsp3) is 0.214. The van der Waals surface area contributed by atoms with E-state index in [0.717, 1.165) is 5.69 Å². The summed E-state index contributed by atoms with van der Waals surface area (Å²) in [5.74, 6) is 0.437. The first-order chi connectivity index (χ1) is 17.8. The van der Waals surface area contributed by atoms with Crippen LogP contribution in [0.4, 0.5) is 21.5 Å². The van der Waals surface area contributed by atoms with Gasteiger partial charge >= 0.3 is 0 Å². The van der Waals surface area contributed by atoms with E-state index >= 15 is 0 Å². The van der Waals surface area contributed by atoms with Gasteiger partial charge < -0.3 is 29.9 Å². The maximum atomic E-state index is 13.8. The van der Waals surface area contributed by atoms with E-state index in [1.54, 1.807) is 30.1 Å². The molecule has 2 heterocycles. The van der Waals surface area contributed by atoms with Crippen LogP contribution in [0.3, 0.4) is 0 Å². The Hall–Kier alpha value is -4.37. The SMILES string of the molecule is CN(C)CCC(=O)N(C)c1ccc(NC(=C2C(=O)Nc3cc(F)ccc32)c2ccc3c(c2)OCO3)cc1. The smallest absolute Gasteiger partial charge is 0.258 e. The van der Waals surface area contributed by atoms with E-state index in [-0.39, 0.29) is 18.6 Å². The van der Waals surface area contributed by atoms with E-state index in [1.165, 1.54) is 12.1 Å². The number of fused-ring (bicyclic) bond motifs is 2. The number of ether oxygens (including phenoxy) is 2. The Morgan fingerprint density at radius 3 is 2.51 bits per heavy atom. The lowest BCUT2D eigenvalue weighted by Crippen LogP contribution is -2.29. The van der Waals surface area contributed by atoms with Gasteiger partial charge in [0.25, 0.3) is 5.91 Å². The summed E-state index contributed by atoms with van der Waals surface area (Å²) in [5, 5.41) is 6.12. The highest BCUT2D eigenvalue weighted by Crippen LogP contribution is 2.41. The first-order valence-corrected chi connectivity index (χ1v) is 11.8. The summed E-state index contributed by atoms with van der Waals surface area (Å²) in [6, 6.07) is 17.0. The Labute approximate surface area is 214 Å². The van der Waals surface area contributed by atoms with Crippen LogP contribution in [0.2, 0.25) is 0 Å². The van der Waals surface area contributed by atoms with Gasteiger partial charge in [-0.2, -0.15) is 0 Å². The lowest BCUT2D eigenvalue weighted by molar-refractivity contribution is -0.118. The van der Waals surface area contributed by atoms with Gasteiger partial charge in [-0.05, 0) is 74.8 Å². The number of rotatable bonds is 7. The van der Waals surface area contributed by atoms with Crippen LogP contribution in [0, 0.1) is 5.82 Å². The normalized spacial score (nSPS) is 14.9. The summed E-state index contributed by atoms with van der Waals surface area (Å²) in [7, 11) is 5.61. The van der Waals surface area contributed by atoms with Gasteiger partial charge in [0.1, 0.15) is 5.82 Å². The van der Waals surface area contributed by atoms with Crippen molar-refractivity contribution in [3.63, 3.8) is 0 Å². The molecule has 9 heteroatoms. The molecule has 0 saturated carbocycles. The minimum Gasteiger partial charge on any atom is -0.454 e. The topological polar surface area (TPSA) is 83.1 Å². The third kappa shape index (κ3) is 4.99. The second-order valence-corrected chi connectivity index (χ2v) is 9.14. The molecular weight excluding hydrogens is 475 g/mol. The Morgan fingerprint density at radius 1 is 1.00 bits per heavy atom. The van der Waals surface area contributed by atoms with Gasteiger partial charge in [0.15, 0.2) is 11.5 Å². The van der Waals surface area contributed by atoms with Crippen LogP contribution in [0.25, 0.3) is 11.3 Å². The molecule has 190 valence electrons. The van der Waals surface area contributed by atoms with Crippen LogP contribution in [0.1, 0.15) is 17.5 Å². The maximum absolute atomic E-state index is 13.8. The Balaban J connectivity index is 1.49. The molecule has 2 aliphatic rings. The fourth-order valence-corrected chi connectivity index (χ4v) is 4.27. The molecule has 0 bridgehead atoms. The molecule has 0 fully saturated rings. The average Bonchev–Trinajstić information content (AvgIpc) is 3.48. The van der Waals surface area contributed by atoms with Gasteiger partial charge in [-0.1, -0.05) is 0 Å². The van der Waals surface area contributed by atoms with E-state index < -0.39 is 5.82 Å². The van der Waals surface area contributed by atoms with Gasteiger partial charge in [0.05, 0.1) is 17.0 Å². The summed E-state index contributed by atoms with van der Waals surface area (Å²) in [6.07, 6.45) is 0.416. The standard InChI is InChI=1S/C28H27FN4O4/c1-32(2)13-12-25(34)33(3)20-8-6-19(7-9-20)30-27(17-4-11-23-24(14-17)37-16-36-23)26-21-10-5-18(29)15-22(21)31-28(26)35/h4-11,14-15,30H,12-13,16H2,1-3H3,(H,31,35). The average molecular weight is 503 g/mol. The van der Waals surface area contributed by atoms with Crippen molar-refractivity contribution in [2.75, 3.05) is 50.0 Å². The van der Waals surface area contributed by atoms with Crippen molar-refractivity contribution in [3.05, 3.63) is 77.6 Å². The number of carbonyl (C=O) groups excluding carboxylic acids is 2. The van der Waals surface area contributed by atoms with E-state index in [1.807, 2.05) is 49.3 Å². The van der Waals surface area contributed by atoms with Gasteiger partial charge in [-0.15, -0.1) is 0 Å². The van der Waals surface area contributed by atoms with Gasteiger partial charge in [-0.3, -0.25) is 9.59 Å². The zero-order valence-corrected chi connectivity index (χ0v) is 20.8. The quantitative estimate of drug-likeness (QED) is 0.466. The summed E-state index contributed by atoms with van der Waals surface area (Å²) >= 11 is 0. The molecule has 3 aromatic rings. The van der Waals surface area contributed by atoms with Crippen molar-refractivity contribution in [2.24, 2.45) is 0 Å². The molecule has 0 atom stereocenters. The van der Waals surface area contributed by atoms with Crippen LogP contribution in [0.5, 0.6) is 11.5 Å². The molecule has 8 nitrogen and oxygen atoms in total. The number of amides is 2. The van der Waals surface area contributed by atoms with Crippen LogP contribution < -0.4 is 25.0 Å². The van der Waals surface area contributed by atoms with Gasteiger partial charge in [0.2, 0.25) is 12.7 Å². The number of hydrogen-bond donors (Lipinski definition) is 2. The van der Waals surface area contributed by atoms with Crippen molar-refractivity contribution in [3.8, 4) is 11.5 Å². The Morgan fingerprint density at radius 2 is 1.76 bits per heavy atom. The highest BCUT2D eigenvalue weighted by atomic mass is 19.1. The number of anilines is 3. The van der Waals surface area contributed by atoms with Crippen molar-refractivity contribution >= 4 is 40.1 Å². The summed E-state index contributed by atoms with van der Waals surface area (Å²) in [6.45, 7) is 0.797. The zero-order valence-electron chi connectivity index (χ0n) is 20.8. The molecule has 2 amide bonds. The highest BCUT2D eigenvalue weighted by Gasteiger charge is 2.29.